The molecule has 1 unspecified atom stereocenters. The summed E-state index contributed by atoms with van der Waals surface area (Å²) < 4.78 is 0. The molecule has 1 aromatic carbocycles. The van der Waals surface area contributed by atoms with E-state index in [1.165, 1.54) is 4.90 Å². The summed E-state index contributed by atoms with van der Waals surface area (Å²) in [4.78, 5) is 40.8. The quantitative estimate of drug-likeness (QED) is 0.627. The number of carbonyl (C=O) groups excluding carboxylic acids is 2. The van der Waals surface area contributed by atoms with Gasteiger partial charge in [0.15, 0.2) is 0 Å². The topological polar surface area (TPSA) is 102 Å². The van der Waals surface area contributed by atoms with E-state index < -0.39 is 12.0 Å². The Kier molecular flexibility index (Phi) is 6.98. The van der Waals surface area contributed by atoms with E-state index in [4.69, 9.17) is 5.11 Å². The third-order valence-electron chi connectivity index (χ3n) is 4.53. The van der Waals surface area contributed by atoms with Crippen LogP contribution in [-0.4, -0.2) is 51.9 Å². The summed E-state index contributed by atoms with van der Waals surface area (Å²) in [5.41, 5.74) is 1.90. The Hall–Kier alpha value is -2.83. The number of aromatic nitrogens is 1. The smallest absolute Gasteiger partial charge is 0.305 e. The molecular formula is C20H27N3O4. The number of hydrogen-bond acceptors (Lipinski definition) is 3. The Bertz CT molecular complexity index is 812. The van der Waals surface area contributed by atoms with Gasteiger partial charge in [-0.1, -0.05) is 32.0 Å². The minimum Gasteiger partial charge on any atom is -0.481 e. The lowest BCUT2D eigenvalue weighted by Gasteiger charge is -2.27. The summed E-state index contributed by atoms with van der Waals surface area (Å²) in [5, 5.41) is 12.7. The molecule has 0 bridgehead atoms. The van der Waals surface area contributed by atoms with Crippen LogP contribution in [0.5, 0.6) is 0 Å². The number of para-hydroxylation sites is 1. The Morgan fingerprint density at radius 3 is 2.56 bits per heavy atom. The molecule has 1 heterocycles. The van der Waals surface area contributed by atoms with Gasteiger partial charge in [-0.3, -0.25) is 14.4 Å². The fraction of sp³-hybridized carbons (Fsp3) is 0.450. The molecule has 0 saturated carbocycles. The Morgan fingerprint density at radius 1 is 1.22 bits per heavy atom. The number of aliphatic carboxylic acids is 1. The fourth-order valence-electron chi connectivity index (χ4n) is 2.93. The normalized spacial score (nSPS) is 12.1. The maximum absolute atomic E-state index is 13.0. The van der Waals surface area contributed by atoms with Gasteiger partial charge in [0.05, 0.1) is 6.42 Å². The second-order valence-electron chi connectivity index (χ2n) is 6.84. The van der Waals surface area contributed by atoms with Crippen molar-refractivity contribution in [1.82, 2.24) is 15.2 Å². The summed E-state index contributed by atoms with van der Waals surface area (Å²) in [6.45, 7) is 5.84. The number of nitrogens with one attached hydrogen (secondary N) is 2. The first kappa shape index (κ1) is 20.5. The summed E-state index contributed by atoms with van der Waals surface area (Å²) >= 11 is 0. The molecule has 27 heavy (non-hydrogen) atoms. The molecule has 146 valence electrons. The lowest BCUT2D eigenvalue weighted by atomic mass is 10.0. The molecule has 0 radical (unpaired) electrons. The predicted octanol–water partition coefficient (Wildman–Crippen LogP) is 2.17. The van der Waals surface area contributed by atoms with Gasteiger partial charge in [-0.25, -0.2) is 0 Å². The molecule has 0 aliphatic carbocycles. The van der Waals surface area contributed by atoms with Crippen LogP contribution >= 0.6 is 0 Å². The molecule has 0 saturated heterocycles. The zero-order chi connectivity index (χ0) is 20.0. The number of amides is 2. The van der Waals surface area contributed by atoms with E-state index >= 15 is 0 Å². The molecule has 0 spiro atoms. The highest BCUT2D eigenvalue weighted by Crippen LogP contribution is 2.20. The van der Waals surface area contributed by atoms with Gasteiger partial charge in [-0.05, 0) is 18.6 Å². The Balaban J connectivity index is 2.25. The van der Waals surface area contributed by atoms with Crippen LogP contribution in [0.4, 0.5) is 0 Å². The minimum atomic E-state index is -0.958. The number of rotatable bonds is 9. The lowest BCUT2D eigenvalue weighted by molar-refractivity contribution is -0.140. The molecule has 7 heteroatoms. The number of carboxylic acid groups (broad SMARTS) is 1. The number of aromatic amines is 1. The van der Waals surface area contributed by atoms with Crippen molar-refractivity contribution in [2.75, 3.05) is 13.1 Å². The molecule has 2 rings (SSSR count). The van der Waals surface area contributed by atoms with E-state index in [0.29, 0.717) is 13.0 Å². The van der Waals surface area contributed by atoms with Crippen molar-refractivity contribution < 1.29 is 19.5 Å². The zero-order valence-electron chi connectivity index (χ0n) is 16.0. The van der Waals surface area contributed by atoms with Crippen molar-refractivity contribution in [2.45, 2.75) is 39.7 Å². The van der Waals surface area contributed by atoms with Crippen LogP contribution in [0.1, 0.15) is 32.8 Å². The molecule has 2 amide bonds. The van der Waals surface area contributed by atoms with E-state index in [0.717, 1.165) is 16.5 Å². The van der Waals surface area contributed by atoms with Crippen LogP contribution in [0.2, 0.25) is 0 Å². The number of carbonyl (C=O) groups is 3. The molecule has 0 fully saturated rings. The van der Waals surface area contributed by atoms with Crippen LogP contribution in [0.15, 0.2) is 30.5 Å². The number of nitrogens with zero attached hydrogens (tertiary/aromatic N) is 1. The maximum atomic E-state index is 13.0. The summed E-state index contributed by atoms with van der Waals surface area (Å²) in [6.07, 6.45) is 2.06. The Labute approximate surface area is 158 Å². The lowest BCUT2D eigenvalue weighted by Crippen LogP contribution is -2.51. The highest BCUT2D eigenvalue weighted by Gasteiger charge is 2.27. The number of carboxylic acids is 1. The van der Waals surface area contributed by atoms with E-state index in [1.807, 2.05) is 30.5 Å². The van der Waals surface area contributed by atoms with E-state index in [-0.39, 0.29) is 30.7 Å². The van der Waals surface area contributed by atoms with E-state index in [9.17, 15) is 14.4 Å². The van der Waals surface area contributed by atoms with Gasteiger partial charge in [0.25, 0.3) is 0 Å². The highest BCUT2D eigenvalue weighted by molar-refractivity contribution is 5.90. The average molecular weight is 373 g/mol. The van der Waals surface area contributed by atoms with Gasteiger partial charge >= 0.3 is 5.97 Å². The maximum Gasteiger partial charge on any atom is 0.305 e. The zero-order valence-corrected chi connectivity index (χ0v) is 16.0. The van der Waals surface area contributed by atoms with Gasteiger partial charge in [-0.15, -0.1) is 0 Å². The molecule has 2 aromatic rings. The summed E-state index contributed by atoms with van der Waals surface area (Å²) in [5.74, 6) is -1.68. The van der Waals surface area contributed by atoms with Crippen molar-refractivity contribution in [1.29, 1.82) is 0 Å². The first-order chi connectivity index (χ1) is 12.8. The molecule has 0 aliphatic heterocycles. The standard InChI is InChI=1S/C20H27N3O4/c1-4-23(10-9-18(24)25)20(27)17(22-19(26)13(2)3)11-14-12-21-16-8-6-5-7-15(14)16/h5-8,12-13,17,21H,4,9-11H2,1-3H3,(H,22,26)(H,24,25). The van der Waals surface area contributed by atoms with Crippen LogP contribution in [0, 0.1) is 5.92 Å². The number of likely N-dealkylation sites (N-methyl/N-ethyl adjacent to an activating group) is 1. The Morgan fingerprint density at radius 2 is 1.93 bits per heavy atom. The third kappa shape index (κ3) is 5.32. The summed E-state index contributed by atoms with van der Waals surface area (Å²) in [6, 6.07) is 7.03. The number of H-pyrrole nitrogens is 1. The van der Waals surface area contributed by atoms with Crippen LogP contribution in [0.3, 0.4) is 0 Å². The average Bonchev–Trinajstić information content (AvgIpc) is 3.04. The van der Waals surface area contributed by atoms with Gasteiger partial charge in [0, 0.05) is 42.5 Å². The van der Waals surface area contributed by atoms with Gasteiger partial charge in [-0.2, -0.15) is 0 Å². The molecule has 1 aromatic heterocycles. The molecule has 3 N–H and O–H groups in total. The van der Waals surface area contributed by atoms with Crippen LogP contribution < -0.4 is 5.32 Å². The number of benzene rings is 1. The first-order valence-electron chi connectivity index (χ1n) is 9.19. The van der Waals surface area contributed by atoms with E-state index in [1.54, 1.807) is 20.8 Å². The molecule has 0 aliphatic rings. The predicted molar refractivity (Wildman–Crippen MR) is 103 cm³/mol. The van der Waals surface area contributed by atoms with Crippen LogP contribution in [0.25, 0.3) is 10.9 Å². The highest BCUT2D eigenvalue weighted by atomic mass is 16.4. The third-order valence-corrected chi connectivity index (χ3v) is 4.53. The van der Waals surface area contributed by atoms with Crippen molar-refractivity contribution >= 4 is 28.7 Å². The summed E-state index contributed by atoms with van der Waals surface area (Å²) in [7, 11) is 0. The van der Waals surface area contributed by atoms with E-state index in [2.05, 4.69) is 10.3 Å². The van der Waals surface area contributed by atoms with Crippen molar-refractivity contribution in [3.63, 3.8) is 0 Å². The van der Waals surface area contributed by atoms with Crippen LogP contribution in [-0.2, 0) is 20.8 Å². The van der Waals surface area contributed by atoms with Gasteiger partial charge < -0.3 is 20.3 Å². The van der Waals surface area contributed by atoms with Gasteiger partial charge in [0.2, 0.25) is 11.8 Å². The molecule has 7 nitrogen and oxygen atoms in total. The second kappa shape index (κ2) is 9.21. The van der Waals surface area contributed by atoms with Gasteiger partial charge in [0.1, 0.15) is 6.04 Å². The molecular weight excluding hydrogens is 346 g/mol. The SMILES string of the molecule is CCN(CCC(=O)O)C(=O)C(Cc1c[nH]c2ccccc12)NC(=O)C(C)C. The fourth-order valence-corrected chi connectivity index (χ4v) is 2.93. The second-order valence-corrected chi connectivity index (χ2v) is 6.84. The molecule has 1 atom stereocenters. The van der Waals surface area contributed by atoms with Crippen molar-refractivity contribution in [3.05, 3.63) is 36.0 Å². The monoisotopic (exact) mass is 373 g/mol. The number of fused-ring (bicyclic) bond motifs is 1. The first-order valence-corrected chi connectivity index (χ1v) is 9.19. The van der Waals surface area contributed by atoms with Crippen molar-refractivity contribution in [3.8, 4) is 0 Å². The van der Waals surface area contributed by atoms with Crippen molar-refractivity contribution in [2.24, 2.45) is 5.92 Å². The minimum absolute atomic E-state index is 0.118. The largest absolute Gasteiger partial charge is 0.481 e. The number of hydrogen-bond donors (Lipinski definition) is 3.